The summed E-state index contributed by atoms with van der Waals surface area (Å²) in [6.45, 7) is 6.62. The molecule has 0 aromatic carbocycles. The zero-order valence-electron chi connectivity index (χ0n) is 13.5. The molecule has 1 saturated carbocycles. The molecular formula is C18H29N3. The van der Waals surface area contributed by atoms with Gasteiger partial charge in [0.2, 0.25) is 0 Å². The Hall–Kier alpha value is -1.09. The summed E-state index contributed by atoms with van der Waals surface area (Å²) in [5.74, 6) is 0.873. The fourth-order valence-electron chi connectivity index (χ4n) is 3.99. The van der Waals surface area contributed by atoms with Crippen LogP contribution in [0.4, 0.5) is 5.69 Å². The van der Waals surface area contributed by atoms with E-state index in [0.29, 0.717) is 12.1 Å². The van der Waals surface area contributed by atoms with Crippen LogP contribution in [0.25, 0.3) is 0 Å². The minimum Gasteiger partial charge on any atom is -0.364 e. The summed E-state index contributed by atoms with van der Waals surface area (Å²) in [4.78, 5) is 7.10. The molecule has 1 N–H and O–H groups in total. The number of nitrogens with zero attached hydrogens (tertiary/aromatic N) is 2. The molecule has 1 aromatic heterocycles. The maximum Gasteiger partial charge on any atom is 0.0556 e. The van der Waals surface area contributed by atoms with Crippen LogP contribution >= 0.6 is 0 Å². The van der Waals surface area contributed by atoms with Crippen molar-refractivity contribution < 1.29 is 0 Å². The summed E-state index contributed by atoms with van der Waals surface area (Å²) in [6.07, 6.45) is 10.4. The Morgan fingerprint density at radius 2 is 2.05 bits per heavy atom. The summed E-state index contributed by atoms with van der Waals surface area (Å²) in [7, 11) is 0. The van der Waals surface area contributed by atoms with Crippen LogP contribution < -0.4 is 10.2 Å². The Morgan fingerprint density at radius 3 is 2.71 bits per heavy atom. The van der Waals surface area contributed by atoms with Crippen LogP contribution in [0.15, 0.2) is 18.3 Å². The van der Waals surface area contributed by atoms with E-state index < -0.39 is 0 Å². The maximum atomic E-state index is 4.50. The van der Waals surface area contributed by atoms with Crippen LogP contribution in [-0.2, 0) is 0 Å². The number of nitrogens with one attached hydrogen (secondary N) is 1. The smallest absolute Gasteiger partial charge is 0.0556 e. The molecule has 21 heavy (non-hydrogen) atoms. The molecule has 0 bridgehead atoms. The van der Waals surface area contributed by atoms with Gasteiger partial charge in [-0.15, -0.1) is 0 Å². The van der Waals surface area contributed by atoms with Gasteiger partial charge in [-0.2, -0.15) is 0 Å². The van der Waals surface area contributed by atoms with E-state index in [1.54, 1.807) is 0 Å². The van der Waals surface area contributed by atoms with Crippen molar-refractivity contribution in [3.63, 3.8) is 0 Å². The minimum absolute atomic E-state index is 0.606. The molecule has 1 saturated heterocycles. The third-order valence-corrected chi connectivity index (χ3v) is 5.37. The van der Waals surface area contributed by atoms with Gasteiger partial charge in [-0.05, 0) is 44.2 Å². The lowest BCUT2D eigenvalue weighted by Gasteiger charge is -2.45. The highest BCUT2D eigenvalue weighted by molar-refractivity contribution is 5.46. The minimum atomic E-state index is 0.606. The fraction of sp³-hybridized carbons (Fsp3) is 0.722. The standard InChI is InChI=1S/C18H29N3/c1-3-16-11-20-18(15-7-5-4-6-8-15)13-21(16)17-10-9-14(2)19-12-17/h9-10,12,15-16,18,20H,3-8,11,13H2,1-2H3. The second-order valence-electron chi connectivity index (χ2n) is 6.79. The highest BCUT2D eigenvalue weighted by atomic mass is 15.2. The van der Waals surface area contributed by atoms with Gasteiger partial charge in [-0.25, -0.2) is 0 Å². The summed E-state index contributed by atoms with van der Waals surface area (Å²) >= 11 is 0. The van der Waals surface area contributed by atoms with Crippen molar-refractivity contribution in [2.45, 2.75) is 64.5 Å². The second-order valence-corrected chi connectivity index (χ2v) is 6.79. The monoisotopic (exact) mass is 287 g/mol. The largest absolute Gasteiger partial charge is 0.364 e. The number of pyridine rings is 1. The first kappa shape index (κ1) is 14.8. The molecular weight excluding hydrogens is 258 g/mol. The van der Waals surface area contributed by atoms with E-state index in [1.165, 1.54) is 44.2 Å². The molecule has 1 aliphatic carbocycles. The average molecular weight is 287 g/mol. The number of hydrogen-bond donors (Lipinski definition) is 1. The van der Waals surface area contributed by atoms with E-state index in [2.05, 4.69) is 47.4 Å². The molecule has 1 aliphatic heterocycles. The summed E-state index contributed by atoms with van der Waals surface area (Å²) in [5, 5.41) is 3.84. The molecule has 116 valence electrons. The van der Waals surface area contributed by atoms with Crippen molar-refractivity contribution in [2.75, 3.05) is 18.0 Å². The van der Waals surface area contributed by atoms with Crippen molar-refractivity contribution in [1.29, 1.82) is 0 Å². The Balaban J connectivity index is 1.73. The summed E-state index contributed by atoms with van der Waals surface area (Å²) < 4.78 is 0. The van der Waals surface area contributed by atoms with Crippen molar-refractivity contribution in [2.24, 2.45) is 5.92 Å². The van der Waals surface area contributed by atoms with Crippen LogP contribution in [0.2, 0.25) is 0 Å². The lowest BCUT2D eigenvalue weighted by Crippen LogP contribution is -2.59. The number of hydrogen-bond acceptors (Lipinski definition) is 3. The molecule has 3 nitrogen and oxygen atoms in total. The van der Waals surface area contributed by atoms with Crippen molar-refractivity contribution in [3.05, 3.63) is 24.0 Å². The summed E-state index contributed by atoms with van der Waals surface area (Å²) in [5.41, 5.74) is 2.40. The van der Waals surface area contributed by atoms with Gasteiger partial charge < -0.3 is 10.2 Å². The van der Waals surface area contributed by atoms with E-state index in [1.807, 2.05) is 0 Å². The lowest BCUT2D eigenvalue weighted by atomic mass is 9.82. The predicted molar refractivity (Wildman–Crippen MR) is 88.8 cm³/mol. The Bertz CT molecular complexity index is 436. The van der Waals surface area contributed by atoms with Crippen molar-refractivity contribution in [3.8, 4) is 0 Å². The average Bonchev–Trinajstić information content (AvgIpc) is 2.56. The number of aromatic nitrogens is 1. The van der Waals surface area contributed by atoms with Gasteiger partial charge in [-0.3, -0.25) is 4.98 Å². The van der Waals surface area contributed by atoms with Gasteiger partial charge in [0, 0.05) is 30.9 Å². The maximum absolute atomic E-state index is 4.50. The Morgan fingerprint density at radius 1 is 1.24 bits per heavy atom. The van der Waals surface area contributed by atoms with Crippen LogP contribution in [0.1, 0.15) is 51.1 Å². The molecule has 0 amide bonds. The first-order valence-electron chi connectivity index (χ1n) is 8.70. The Kier molecular flexibility index (Phi) is 4.79. The molecule has 0 spiro atoms. The van der Waals surface area contributed by atoms with Gasteiger partial charge in [0.05, 0.1) is 11.9 Å². The third kappa shape index (κ3) is 3.39. The number of rotatable bonds is 3. The van der Waals surface area contributed by atoms with E-state index in [4.69, 9.17) is 0 Å². The third-order valence-electron chi connectivity index (χ3n) is 5.37. The molecule has 2 atom stereocenters. The molecule has 1 aromatic rings. The highest BCUT2D eigenvalue weighted by Gasteiger charge is 2.32. The van der Waals surface area contributed by atoms with Gasteiger partial charge in [0.15, 0.2) is 0 Å². The van der Waals surface area contributed by atoms with Gasteiger partial charge in [-0.1, -0.05) is 26.2 Å². The van der Waals surface area contributed by atoms with Gasteiger partial charge >= 0.3 is 0 Å². The molecule has 0 radical (unpaired) electrons. The Labute approximate surface area is 129 Å². The quantitative estimate of drug-likeness (QED) is 0.922. The molecule has 3 heteroatoms. The second kappa shape index (κ2) is 6.78. The van der Waals surface area contributed by atoms with Crippen LogP contribution in [0.3, 0.4) is 0 Å². The molecule has 2 heterocycles. The molecule has 3 rings (SSSR count). The van der Waals surface area contributed by atoms with Crippen molar-refractivity contribution >= 4 is 5.69 Å². The van der Waals surface area contributed by atoms with E-state index >= 15 is 0 Å². The normalized spacial score (nSPS) is 27.8. The van der Waals surface area contributed by atoms with E-state index in [-0.39, 0.29) is 0 Å². The number of anilines is 1. The molecule has 2 fully saturated rings. The highest BCUT2D eigenvalue weighted by Crippen LogP contribution is 2.30. The van der Waals surface area contributed by atoms with E-state index in [9.17, 15) is 0 Å². The van der Waals surface area contributed by atoms with Gasteiger partial charge in [0.1, 0.15) is 0 Å². The number of piperazine rings is 1. The first-order valence-corrected chi connectivity index (χ1v) is 8.70. The van der Waals surface area contributed by atoms with Crippen molar-refractivity contribution in [1.82, 2.24) is 10.3 Å². The summed E-state index contributed by atoms with van der Waals surface area (Å²) in [6, 6.07) is 5.65. The van der Waals surface area contributed by atoms with Crippen LogP contribution in [-0.4, -0.2) is 30.2 Å². The molecule has 2 aliphatic rings. The predicted octanol–water partition coefficient (Wildman–Crippen LogP) is 3.53. The first-order chi connectivity index (χ1) is 10.3. The van der Waals surface area contributed by atoms with Crippen LogP contribution in [0.5, 0.6) is 0 Å². The number of aryl methyl sites for hydroxylation is 1. The fourth-order valence-corrected chi connectivity index (χ4v) is 3.99. The lowest BCUT2D eigenvalue weighted by molar-refractivity contribution is 0.240. The van der Waals surface area contributed by atoms with E-state index in [0.717, 1.165) is 24.7 Å². The zero-order valence-corrected chi connectivity index (χ0v) is 13.5. The topological polar surface area (TPSA) is 28.2 Å². The zero-order chi connectivity index (χ0) is 14.7. The SMILES string of the molecule is CCC1CNC(C2CCCCC2)CN1c1ccc(C)nc1. The van der Waals surface area contributed by atoms with Crippen LogP contribution in [0, 0.1) is 12.8 Å². The van der Waals surface area contributed by atoms with Gasteiger partial charge in [0.25, 0.3) is 0 Å². The molecule has 2 unspecified atom stereocenters.